The summed E-state index contributed by atoms with van der Waals surface area (Å²) in [5, 5.41) is 10.0. The molecular formula is C18H17FN2O4. The van der Waals surface area contributed by atoms with Gasteiger partial charge in [-0.2, -0.15) is 0 Å². The molecule has 7 heteroatoms. The molecular weight excluding hydrogens is 327 g/mol. The zero-order valence-electron chi connectivity index (χ0n) is 13.4. The van der Waals surface area contributed by atoms with Crippen molar-refractivity contribution in [1.82, 2.24) is 9.88 Å². The van der Waals surface area contributed by atoms with Crippen LogP contribution in [0.5, 0.6) is 0 Å². The standard InChI is InChI=1S/C18H17FN2O4/c19-10-4-5-12-13(7-15(22)20-14(12)6-10)17(23)21-8-9-2-1-3-11(9)16(21)18(24)25/h4-7,9,11,16H,1-3,8H2,(H,20,22)(H,24,25). The third-order valence-electron chi connectivity index (χ3n) is 5.44. The fourth-order valence-corrected chi connectivity index (χ4v) is 4.39. The molecule has 1 aromatic heterocycles. The van der Waals surface area contributed by atoms with Gasteiger partial charge in [-0.15, -0.1) is 0 Å². The van der Waals surface area contributed by atoms with Crippen molar-refractivity contribution in [3.05, 3.63) is 46.0 Å². The van der Waals surface area contributed by atoms with E-state index in [1.165, 1.54) is 17.0 Å². The molecule has 3 unspecified atom stereocenters. The molecule has 0 bridgehead atoms. The maximum absolute atomic E-state index is 13.4. The largest absolute Gasteiger partial charge is 0.480 e. The van der Waals surface area contributed by atoms with Gasteiger partial charge in [0.1, 0.15) is 11.9 Å². The van der Waals surface area contributed by atoms with E-state index in [1.807, 2.05) is 0 Å². The van der Waals surface area contributed by atoms with Crippen LogP contribution in [0.1, 0.15) is 29.6 Å². The minimum Gasteiger partial charge on any atom is -0.480 e. The second-order valence-electron chi connectivity index (χ2n) is 6.83. The number of hydrogen-bond acceptors (Lipinski definition) is 3. The first-order valence-corrected chi connectivity index (χ1v) is 8.32. The molecule has 2 fully saturated rings. The molecule has 0 spiro atoms. The Morgan fingerprint density at radius 1 is 1.24 bits per heavy atom. The smallest absolute Gasteiger partial charge is 0.326 e. The topological polar surface area (TPSA) is 90.5 Å². The first-order valence-electron chi connectivity index (χ1n) is 8.32. The van der Waals surface area contributed by atoms with Gasteiger partial charge in [0.05, 0.1) is 11.1 Å². The molecule has 3 atom stereocenters. The maximum atomic E-state index is 13.4. The SMILES string of the molecule is O=C(O)C1C2CCCC2CN1C(=O)c1cc(=O)[nH]c2cc(F)ccc12. The number of carboxylic acids is 1. The number of aliphatic carboxylic acids is 1. The number of nitrogens with one attached hydrogen (secondary N) is 1. The highest BCUT2D eigenvalue weighted by atomic mass is 19.1. The average Bonchev–Trinajstić information content (AvgIpc) is 3.12. The molecule has 1 amide bonds. The third kappa shape index (κ3) is 2.50. The number of halogens is 1. The Bertz CT molecular complexity index is 938. The van der Waals surface area contributed by atoms with Crippen LogP contribution < -0.4 is 5.56 Å². The van der Waals surface area contributed by atoms with Crippen LogP contribution in [-0.2, 0) is 4.79 Å². The van der Waals surface area contributed by atoms with Gasteiger partial charge in [0, 0.05) is 18.0 Å². The molecule has 1 aliphatic heterocycles. The Hall–Kier alpha value is -2.70. The number of aromatic amines is 1. The summed E-state index contributed by atoms with van der Waals surface area (Å²) in [5.74, 6) is -1.86. The number of pyridine rings is 1. The lowest BCUT2D eigenvalue weighted by molar-refractivity contribution is -0.142. The van der Waals surface area contributed by atoms with Crippen LogP contribution in [0.15, 0.2) is 29.1 Å². The second-order valence-corrected chi connectivity index (χ2v) is 6.83. The van der Waals surface area contributed by atoms with E-state index in [-0.39, 0.29) is 22.9 Å². The number of rotatable bonds is 2. The van der Waals surface area contributed by atoms with Crippen LogP contribution in [0, 0.1) is 17.7 Å². The van der Waals surface area contributed by atoms with E-state index in [4.69, 9.17) is 0 Å². The van der Waals surface area contributed by atoms with Crippen molar-refractivity contribution in [2.24, 2.45) is 11.8 Å². The predicted octanol–water partition coefficient (Wildman–Crippen LogP) is 1.99. The van der Waals surface area contributed by atoms with Gasteiger partial charge in [-0.25, -0.2) is 9.18 Å². The molecule has 25 heavy (non-hydrogen) atoms. The number of carbonyl (C=O) groups excluding carboxylic acids is 1. The fourth-order valence-electron chi connectivity index (χ4n) is 4.39. The quantitative estimate of drug-likeness (QED) is 0.872. The Balaban J connectivity index is 1.80. The number of fused-ring (bicyclic) bond motifs is 2. The summed E-state index contributed by atoms with van der Waals surface area (Å²) in [6.07, 6.45) is 2.70. The average molecular weight is 344 g/mol. The normalized spacial score (nSPS) is 25.3. The van der Waals surface area contributed by atoms with Crippen molar-refractivity contribution in [1.29, 1.82) is 0 Å². The lowest BCUT2D eigenvalue weighted by atomic mass is 9.94. The molecule has 2 aliphatic rings. The number of H-pyrrole nitrogens is 1. The molecule has 1 saturated heterocycles. The van der Waals surface area contributed by atoms with Crippen LogP contribution in [-0.4, -0.2) is 39.5 Å². The fraction of sp³-hybridized carbons (Fsp3) is 0.389. The number of benzene rings is 1. The number of hydrogen-bond donors (Lipinski definition) is 2. The zero-order chi connectivity index (χ0) is 17.7. The van der Waals surface area contributed by atoms with Crippen LogP contribution in [0.2, 0.25) is 0 Å². The molecule has 1 aliphatic carbocycles. The molecule has 2 aromatic rings. The van der Waals surface area contributed by atoms with Gasteiger partial charge < -0.3 is 15.0 Å². The first kappa shape index (κ1) is 15.8. The molecule has 6 nitrogen and oxygen atoms in total. The van der Waals surface area contributed by atoms with E-state index in [2.05, 4.69) is 4.98 Å². The second kappa shape index (κ2) is 5.68. The monoisotopic (exact) mass is 344 g/mol. The van der Waals surface area contributed by atoms with Gasteiger partial charge in [0.25, 0.3) is 5.91 Å². The Morgan fingerprint density at radius 3 is 2.80 bits per heavy atom. The number of aromatic nitrogens is 1. The Kier molecular flexibility index (Phi) is 3.59. The Morgan fingerprint density at radius 2 is 2.04 bits per heavy atom. The summed E-state index contributed by atoms with van der Waals surface area (Å²) >= 11 is 0. The van der Waals surface area contributed by atoms with Crippen LogP contribution in [0.25, 0.3) is 10.9 Å². The van der Waals surface area contributed by atoms with Crippen molar-refractivity contribution < 1.29 is 19.1 Å². The van der Waals surface area contributed by atoms with Gasteiger partial charge in [-0.1, -0.05) is 6.42 Å². The summed E-state index contributed by atoms with van der Waals surface area (Å²) in [4.78, 5) is 40.6. The number of amides is 1. The molecule has 2 N–H and O–H groups in total. The van der Waals surface area contributed by atoms with E-state index >= 15 is 0 Å². The van der Waals surface area contributed by atoms with E-state index in [0.717, 1.165) is 31.4 Å². The lowest BCUT2D eigenvalue weighted by Gasteiger charge is -2.25. The minimum absolute atomic E-state index is 0.0350. The van der Waals surface area contributed by atoms with E-state index in [1.54, 1.807) is 0 Å². The maximum Gasteiger partial charge on any atom is 0.326 e. The molecule has 1 saturated carbocycles. The summed E-state index contributed by atoms with van der Waals surface area (Å²) in [6, 6.07) is 4.09. The molecule has 130 valence electrons. The van der Waals surface area contributed by atoms with Crippen LogP contribution in [0.4, 0.5) is 4.39 Å². The first-order chi connectivity index (χ1) is 12.0. The van der Waals surface area contributed by atoms with Crippen molar-refractivity contribution in [3.8, 4) is 0 Å². The van der Waals surface area contributed by atoms with Crippen LogP contribution >= 0.6 is 0 Å². The van der Waals surface area contributed by atoms with Gasteiger partial charge in [-0.05, 0) is 42.9 Å². The number of likely N-dealkylation sites (tertiary alicyclic amines) is 1. The van der Waals surface area contributed by atoms with Crippen molar-refractivity contribution in [2.75, 3.05) is 6.54 Å². The minimum atomic E-state index is -1.01. The summed E-state index contributed by atoms with van der Waals surface area (Å²) in [6.45, 7) is 0.385. The highest BCUT2D eigenvalue weighted by Gasteiger charge is 2.49. The highest BCUT2D eigenvalue weighted by Crippen LogP contribution is 2.42. The van der Waals surface area contributed by atoms with Gasteiger partial charge in [0.2, 0.25) is 5.56 Å². The highest BCUT2D eigenvalue weighted by molar-refractivity contribution is 6.07. The Labute approximate surface area is 142 Å². The summed E-state index contributed by atoms with van der Waals surface area (Å²) in [5.41, 5.74) is -0.181. The van der Waals surface area contributed by atoms with Gasteiger partial charge >= 0.3 is 5.97 Å². The van der Waals surface area contributed by atoms with Gasteiger partial charge in [-0.3, -0.25) is 9.59 Å². The third-order valence-corrected chi connectivity index (χ3v) is 5.44. The summed E-state index contributed by atoms with van der Waals surface area (Å²) in [7, 11) is 0. The van der Waals surface area contributed by atoms with Crippen molar-refractivity contribution in [2.45, 2.75) is 25.3 Å². The van der Waals surface area contributed by atoms with E-state index < -0.39 is 29.3 Å². The van der Waals surface area contributed by atoms with Crippen LogP contribution in [0.3, 0.4) is 0 Å². The molecule has 2 heterocycles. The lowest BCUT2D eigenvalue weighted by Crippen LogP contribution is -2.43. The van der Waals surface area contributed by atoms with Crippen molar-refractivity contribution >= 4 is 22.8 Å². The summed E-state index contributed by atoms with van der Waals surface area (Å²) < 4.78 is 13.4. The number of nitrogens with zero attached hydrogens (tertiary/aromatic N) is 1. The van der Waals surface area contributed by atoms with E-state index in [0.29, 0.717) is 11.9 Å². The van der Waals surface area contributed by atoms with Gasteiger partial charge in [0.15, 0.2) is 0 Å². The number of carboxylic acid groups (broad SMARTS) is 1. The zero-order valence-corrected chi connectivity index (χ0v) is 13.4. The number of carbonyl (C=O) groups is 2. The van der Waals surface area contributed by atoms with Crippen molar-refractivity contribution in [3.63, 3.8) is 0 Å². The molecule has 0 radical (unpaired) electrons. The molecule has 1 aromatic carbocycles. The predicted molar refractivity (Wildman–Crippen MR) is 87.8 cm³/mol. The molecule has 4 rings (SSSR count). The van der Waals surface area contributed by atoms with E-state index in [9.17, 15) is 23.9 Å².